The Morgan fingerprint density at radius 1 is 0.765 bits per heavy atom. The standard InChI is InChI=1S/C13H10N4/c1-3-7-14-11(5-1)13-16-9-10-17(13)12-6-2-4-8-15-12/h1-10H. The maximum atomic E-state index is 4.32. The molecule has 0 saturated heterocycles. The van der Waals surface area contributed by atoms with Gasteiger partial charge < -0.3 is 0 Å². The predicted molar refractivity (Wildman–Crippen MR) is 64.6 cm³/mol. The van der Waals surface area contributed by atoms with Crippen molar-refractivity contribution in [2.45, 2.75) is 0 Å². The molecule has 0 saturated carbocycles. The molecule has 0 radical (unpaired) electrons. The van der Waals surface area contributed by atoms with E-state index < -0.39 is 0 Å². The molecule has 0 aliphatic heterocycles. The van der Waals surface area contributed by atoms with Crippen LogP contribution in [-0.4, -0.2) is 19.5 Å². The first-order valence-corrected chi connectivity index (χ1v) is 5.31. The second kappa shape index (κ2) is 4.17. The molecule has 0 atom stereocenters. The average Bonchev–Trinajstić information content (AvgIpc) is 2.90. The molecule has 3 rings (SSSR count). The lowest BCUT2D eigenvalue weighted by molar-refractivity contribution is 0.993. The minimum Gasteiger partial charge on any atom is -0.283 e. The van der Waals surface area contributed by atoms with E-state index in [0.29, 0.717) is 0 Å². The summed E-state index contributed by atoms with van der Waals surface area (Å²) in [6.07, 6.45) is 7.15. The Morgan fingerprint density at radius 3 is 2.29 bits per heavy atom. The first-order chi connectivity index (χ1) is 8.45. The van der Waals surface area contributed by atoms with Gasteiger partial charge in [0.2, 0.25) is 0 Å². The second-order valence-electron chi connectivity index (χ2n) is 3.52. The van der Waals surface area contributed by atoms with Crippen LogP contribution in [0.5, 0.6) is 0 Å². The van der Waals surface area contributed by atoms with Crippen molar-refractivity contribution in [1.29, 1.82) is 0 Å². The van der Waals surface area contributed by atoms with Gasteiger partial charge in [0.1, 0.15) is 11.5 Å². The predicted octanol–water partition coefficient (Wildman–Crippen LogP) is 2.33. The number of pyridine rings is 2. The van der Waals surface area contributed by atoms with Crippen molar-refractivity contribution in [3.8, 4) is 17.3 Å². The molecule has 0 aliphatic rings. The SMILES string of the molecule is c1ccc(-c2nccn2-c2ccccn2)nc1. The quantitative estimate of drug-likeness (QED) is 0.668. The van der Waals surface area contributed by atoms with E-state index >= 15 is 0 Å². The lowest BCUT2D eigenvalue weighted by Gasteiger charge is -2.05. The summed E-state index contributed by atoms with van der Waals surface area (Å²) in [5.74, 6) is 1.63. The third-order valence-electron chi connectivity index (χ3n) is 2.43. The fourth-order valence-corrected chi connectivity index (χ4v) is 1.67. The van der Waals surface area contributed by atoms with Gasteiger partial charge >= 0.3 is 0 Å². The molecule has 0 aliphatic carbocycles. The highest BCUT2D eigenvalue weighted by Gasteiger charge is 2.08. The van der Waals surface area contributed by atoms with E-state index in [9.17, 15) is 0 Å². The Hall–Kier alpha value is -2.49. The van der Waals surface area contributed by atoms with Crippen LogP contribution in [0.3, 0.4) is 0 Å². The van der Waals surface area contributed by atoms with Crippen LogP contribution in [0.2, 0.25) is 0 Å². The van der Waals surface area contributed by atoms with Crippen molar-refractivity contribution in [2.75, 3.05) is 0 Å². The van der Waals surface area contributed by atoms with Gasteiger partial charge in [0, 0.05) is 24.8 Å². The number of hydrogen-bond acceptors (Lipinski definition) is 3. The Labute approximate surface area is 98.6 Å². The molecule has 0 aromatic carbocycles. The highest BCUT2D eigenvalue weighted by atomic mass is 15.1. The molecule has 4 heteroatoms. The van der Waals surface area contributed by atoms with Crippen molar-refractivity contribution in [3.63, 3.8) is 0 Å². The van der Waals surface area contributed by atoms with E-state index in [1.165, 1.54) is 0 Å². The molecule has 0 fully saturated rings. The molecule has 0 bridgehead atoms. The molecule has 0 unspecified atom stereocenters. The molecular formula is C13H10N4. The van der Waals surface area contributed by atoms with Crippen LogP contribution in [-0.2, 0) is 0 Å². The van der Waals surface area contributed by atoms with Crippen LogP contribution in [0.15, 0.2) is 61.2 Å². The third-order valence-corrected chi connectivity index (χ3v) is 2.43. The van der Waals surface area contributed by atoms with Gasteiger partial charge in [-0.2, -0.15) is 0 Å². The van der Waals surface area contributed by atoms with E-state index in [1.807, 2.05) is 47.2 Å². The molecule has 17 heavy (non-hydrogen) atoms. The van der Waals surface area contributed by atoms with E-state index in [0.717, 1.165) is 17.3 Å². The monoisotopic (exact) mass is 222 g/mol. The van der Waals surface area contributed by atoms with Gasteiger partial charge in [-0.05, 0) is 24.3 Å². The Bertz CT molecular complexity index is 548. The van der Waals surface area contributed by atoms with Crippen molar-refractivity contribution in [2.24, 2.45) is 0 Å². The van der Waals surface area contributed by atoms with Gasteiger partial charge in [0.15, 0.2) is 5.82 Å². The molecule has 3 heterocycles. The summed E-state index contributed by atoms with van der Waals surface area (Å²) in [5, 5.41) is 0. The lowest BCUT2D eigenvalue weighted by Crippen LogP contribution is -1.99. The summed E-state index contributed by atoms with van der Waals surface area (Å²) >= 11 is 0. The zero-order valence-electron chi connectivity index (χ0n) is 9.06. The average molecular weight is 222 g/mol. The molecule has 82 valence electrons. The highest BCUT2D eigenvalue weighted by Crippen LogP contribution is 2.17. The Kier molecular flexibility index (Phi) is 2.38. The summed E-state index contributed by atoms with van der Waals surface area (Å²) in [6, 6.07) is 11.5. The topological polar surface area (TPSA) is 43.6 Å². The van der Waals surface area contributed by atoms with Crippen molar-refractivity contribution < 1.29 is 0 Å². The molecule has 0 amide bonds. The first-order valence-electron chi connectivity index (χ1n) is 5.31. The first kappa shape index (κ1) is 9.72. The van der Waals surface area contributed by atoms with E-state index in [4.69, 9.17) is 0 Å². The van der Waals surface area contributed by atoms with Crippen molar-refractivity contribution in [3.05, 3.63) is 61.2 Å². The normalized spacial score (nSPS) is 10.4. The number of imidazole rings is 1. The summed E-state index contributed by atoms with van der Waals surface area (Å²) in [4.78, 5) is 12.9. The van der Waals surface area contributed by atoms with Gasteiger partial charge in [0.25, 0.3) is 0 Å². The minimum absolute atomic E-state index is 0.796. The van der Waals surface area contributed by atoms with Crippen LogP contribution in [0.1, 0.15) is 0 Å². The number of rotatable bonds is 2. The minimum atomic E-state index is 0.796. The van der Waals surface area contributed by atoms with Crippen molar-refractivity contribution >= 4 is 0 Å². The highest BCUT2D eigenvalue weighted by molar-refractivity contribution is 5.52. The van der Waals surface area contributed by atoms with Crippen molar-refractivity contribution in [1.82, 2.24) is 19.5 Å². The van der Waals surface area contributed by atoms with Gasteiger partial charge in [-0.1, -0.05) is 12.1 Å². The maximum absolute atomic E-state index is 4.32. The zero-order valence-corrected chi connectivity index (χ0v) is 9.06. The summed E-state index contributed by atoms with van der Waals surface area (Å²) in [7, 11) is 0. The molecule has 3 aromatic heterocycles. The number of hydrogen-bond donors (Lipinski definition) is 0. The van der Waals surface area contributed by atoms with Crippen LogP contribution in [0, 0.1) is 0 Å². The summed E-state index contributed by atoms with van der Waals surface area (Å²) in [6.45, 7) is 0. The second-order valence-corrected chi connectivity index (χ2v) is 3.52. The van der Waals surface area contributed by atoms with Crippen LogP contribution < -0.4 is 0 Å². The molecule has 4 nitrogen and oxygen atoms in total. The van der Waals surface area contributed by atoms with Crippen LogP contribution >= 0.6 is 0 Å². The van der Waals surface area contributed by atoms with E-state index in [1.54, 1.807) is 18.6 Å². The third kappa shape index (κ3) is 1.80. The number of nitrogens with zero attached hydrogens (tertiary/aromatic N) is 4. The largest absolute Gasteiger partial charge is 0.283 e. The van der Waals surface area contributed by atoms with E-state index in [-0.39, 0.29) is 0 Å². The lowest BCUT2D eigenvalue weighted by atomic mass is 10.3. The van der Waals surface area contributed by atoms with Gasteiger partial charge in [-0.25, -0.2) is 9.97 Å². The van der Waals surface area contributed by atoms with Crippen LogP contribution in [0.4, 0.5) is 0 Å². The fourth-order valence-electron chi connectivity index (χ4n) is 1.67. The Morgan fingerprint density at radius 2 is 1.59 bits per heavy atom. The van der Waals surface area contributed by atoms with Gasteiger partial charge in [0.05, 0.1) is 0 Å². The molecular weight excluding hydrogens is 212 g/mol. The van der Waals surface area contributed by atoms with Gasteiger partial charge in [-0.15, -0.1) is 0 Å². The van der Waals surface area contributed by atoms with E-state index in [2.05, 4.69) is 15.0 Å². The zero-order chi connectivity index (χ0) is 11.5. The molecule has 0 spiro atoms. The summed E-state index contributed by atoms with van der Waals surface area (Å²) < 4.78 is 1.92. The smallest absolute Gasteiger partial charge is 0.164 e. The maximum Gasteiger partial charge on any atom is 0.164 e. The Balaban J connectivity index is 2.13. The molecule has 0 N–H and O–H groups in total. The fraction of sp³-hybridized carbons (Fsp3) is 0. The van der Waals surface area contributed by atoms with Crippen LogP contribution in [0.25, 0.3) is 17.3 Å². The summed E-state index contributed by atoms with van der Waals surface area (Å²) in [5.41, 5.74) is 0.836. The van der Waals surface area contributed by atoms with Gasteiger partial charge in [-0.3, -0.25) is 9.55 Å². The number of aromatic nitrogens is 4. The molecule has 3 aromatic rings.